The van der Waals surface area contributed by atoms with E-state index in [1.165, 1.54) is 22.9 Å². The fourth-order valence-electron chi connectivity index (χ4n) is 2.03. The molecule has 1 fully saturated rings. The van der Waals surface area contributed by atoms with E-state index in [2.05, 4.69) is 44.4 Å². The Hall–Kier alpha value is -1.03. The standard InChI is InChI=1S/C13H18BrN3/c1-2-16-12(15)17-9-13(7-8-13)10-5-3-4-6-11(10)14/h3-6H,2,7-9H2,1H3,(H3,15,16,17). The molecule has 0 heterocycles. The topological polar surface area (TPSA) is 50.4 Å². The van der Waals surface area contributed by atoms with E-state index in [9.17, 15) is 0 Å². The highest BCUT2D eigenvalue weighted by molar-refractivity contribution is 9.10. The lowest BCUT2D eigenvalue weighted by atomic mass is 9.96. The van der Waals surface area contributed by atoms with Crippen LogP contribution in [0.5, 0.6) is 0 Å². The number of nitrogens with zero attached hydrogens (tertiary/aromatic N) is 1. The van der Waals surface area contributed by atoms with E-state index in [1.54, 1.807) is 0 Å². The monoisotopic (exact) mass is 295 g/mol. The average molecular weight is 296 g/mol. The minimum Gasteiger partial charge on any atom is -0.370 e. The third kappa shape index (κ3) is 2.80. The number of benzene rings is 1. The van der Waals surface area contributed by atoms with Gasteiger partial charge in [0.25, 0.3) is 0 Å². The molecule has 1 aliphatic carbocycles. The van der Waals surface area contributed by atoms with Gasteiger partial charge in [-0.2, -0.15) is 0 Å². The first-order valence-corrected chi connectivity index (χ1v) is 6.76. The fraction of sp³-hybridized carbons (Fsp3) is 0.462. The van der Waals surface area contributed by atoms with Crippen LogP contribution < -0.4 is 11.1 Å². The second kappa shape index (κ2) is 5.08. The molecule has 0 radical (unpaired) electrons. The van der Waals surface area contributed by atoms with Gasteiger partial charge in [0.05, 0.1) is 6.54 Å². The molecule has 0 spiro atoms. The van der Waals surface area contributed by atoms with E-state index in [0.29, 0.717) is 5.96 Å². The van der Waals surface area contributed by atoms with Crippen molar-refractivity contribution >= 4 is 21.9 Å². The molecule has 4 heteroatoms. The molecule has 0 aromatic heterocycles. The Bertz CT molecular complexity index is 424. The molecule has 0 saturated heterocycles. The van der Waals surface area contributed by atoms with Crippen molar-refractivity contribution in [3.05, 3.63) is 34.3 Å². The Morgan fingerprint density at radius 2 is 2.18 bits per heavy atom. The molecule has 1 aliphatic rings. The molecular weight excluding hydrogens is 278 g/mol. The third-order valence-electron chi connectivity index (χ3n) is 3.21. The second-order valence-corrected chi connectivity index (χ2v) is 5.35. The number of halogens is 1. The highest BCUT2D eigenvalue weighted by atomic mass is 79.9. The Morgan fingerprint density at radius 3 is 2.76 bits per heavy atom. The summed E-state index contributed by atoms with van der Waals surface area (Å²) in [7, 11) is 0. The van der Waals surface area contributed by atoms with Gasteiger partial charge >= 0.3 is 0 Å². The van der Waals surface area contributed by atoms with E-state index < -0.39 is 0 Å². The van der Waals surface area contributed by atoms with Crippen molar-refractivity contribution in [2.24, 2.45) is 10.7 Å². The number of aliphatic imine (C=N–C) groups is 1. The number of nitrogens with one attached hydrogen (secondary N) is 1. The predicted molar refractivity (Wildman–Crippen MR) is 75.2 cm³/mol. The zero-order chi connectivity index (χ0) is 12.3. The largest absolute Gasteiger partial charge is 0.370 e. The highest BCUT2D eigenvalue weighted by Crippen LogP contribution is 2.50. The van der Waals surface area contributed by atoms with Crippen LogP contribution in [0.3, 0.4) is 0 Å². The van der Waals surface area contributed by atoms with Gasteiger partial charge in [-0.15, -0.1) is 0 Å². The van der Waals surface area contributed by atoms with Crippen LogP contribution in [0.1, 0.15) is 25.3 Å². The number of rotatable bonds is 4. The van der Waals surface area contributed by atoms with Crippen molar-refractivity contribution in [3.63, 3.8) is 0 Å². The third-order valence-corrected chi connectivity index (χ3v) is 3.90. The van der Waals surface area contributed by atoms with Crippen LogP contribution >= 0.6 is 15.9 Å². The zero-order valence-electron chi connectivity index (χ0n) is 10.0. The summed E-state index contributed by atoms with van der Waals surface area (Å²) in [4.78, 5) is 4.43. The van der Waals surface area contributed by atoms with Crippen molar-refractivity contribution < 1.29 is 0 Å². The summed E-state index contributed by atoms with van der Waals surface area (Å²) in [6.45, 7) is 3.61. The average Bonchev–Trinajstić information content (AvgIpc) is 3.09. The molecule has 92 valence electrons. The molecule has 0 aliphatic heterocycles. The summed E-state index contributed by atoms with van der Waals surface area (Å²) in [5.74, 6) is 0.547. The molecule has 0 atom stereocenters. The molecule has 3 nitrogen and oxygen atoms in total. The van der Waals surface area contributed by atoms with Gasteiger partial charge in [0.15, 0.2) is 5.96 Å². The Balaban J connectivity index is 2.11. The number of nitrogens with two attached hydrogens (primary N) is 1. The predicted octanol–water partition coefficient (Wildman–Crippen LogP) is 2.40. The van der Waals surface area contributed by atoms with Crippen LogP contribution in [0.4, 0.5) is 0 Å². The van der Waals surface area contributed by atoms with E-state index in [0.717, 1.165) is 13.1 Å². The van der Waals surface area contributed by atoms with Crippen LogP contribution in [-0.4, -0.2) is 19.0 Å². The SMILES string of the molecule is CCNC(N)=NCC1(c2ccccc2Br)CC1. The van der Waals surface area contributed by atoms with Crippen LogP contribution in [0, 0.1) is 0 Å². The van der Waals surface area contributed by atoms with Crippen LogP contribution in [-0.2, 0) is 5.41 Å². The van der Waals surface area contributed by atoms with E-state index in [4.69, 9.17) is 5.73 Å². The van der Waals surface area contributed by atoms with Crippen molar-refractivity contribution in [1.82, 2.24) is 5.32 Å². The molecule has 0 unspecified atom stereocenters. The molecule has 17 heavy (non-hydrogen) atoms. The Kier molecular flexibility index (Phi) is 3.72. The van der Waals surface area contributed by atoms with Crippen molar-refractivity contribution in [1.29, 1.82) is 0 Å². The molecule has 1 aromatic carbocycles. The zero-order valence-corrected chi connectivity index (χ0v) is 11.6. The fourth-order valence-corrected chi connectivity index (χ4v) is 2.73. The lowest BCUT2D eigenvalue weighted by Gasteiger charge is -2.15. The van der Waals surface area contributed by atoms with Gasteiger partial charge in [0.2, 0.25) is 0 Å². The smallest absolute Gasteiger partial charge is 0.188 e. The van der Waals surface area contributed by atoms with Gasteiger partial charge in [-0.25, -0.2) is 0 Å². The number of hydrogen-bond donors (Lipinski definition) is 2. The Morgan fingerprint density at radius 1 is 1.47 bits per heavy atom. The van der Waals surface area contributed by atoms with Crippen molar-refractivity contribution in [2.45, 2.75) is 25.2 Å². The highest BCUT2D eigenvalue weighted by Gasteiger charge is 2.45. The molecule has 0 amide bonds. The lowest BCUT2D eigenvalue weighted by Crippen LogP contribution is -2.32. The minimum absolute atomic E-state index is 0.208. The normalized spacial score (nSPS) is 17.9. The summed E-state index contributed by atoms with van der Waals surface area (Å²) in [5.41, 5.74) is 7.33. The molecule has 1 aromatic rings. The lowest BCUT2D eigenvalue weighted by molar-refractivity contribution is 0.697. The number of guanidine groups is 1. The van der Waals surface area contributed by atoms with Crippen LogP contribution in [0.25, 0.3) is 0 Å². The van der Waals surface area contributed by atoms with Gasteiger partial charge in [0, 0.05) is 16.4 Å². The summed E-state index contributed by atoms with van der Waals surface area (Å²) in [5, 5.41) is 3.03. The maximum atomic E-state index is 5.76. The Labute approximate surface area is 111 Å². The maximum Gasteiger partial charge on any atom is 0.188 e. The van der Waals surface area contributed by atoms with Crippen LogP contribution in [0.15, 0.2) is 33.7 Å². The maximum absolute atomic E-state index is 5.76. The number of hydrogen-bond acceptors (Lipinski definition) is 1. The first-order valence-electron chi connectivity index (χ1n) is 5.97. The molecule has 1 saturated carbocycles. The van der Waals surface area contributed by atoms with Gasteiger partial charge < -0.3 is 11.1 Å². The van der Waals surface area contributed by atoms with E-state index in [-0.39, 0.29) is 5.41 Å². The second-order valence-electron chi connectivity index (χ2n) is 4.49. The quantitative estimate of drug-likeness (QED) is 0.662. The summed E-state index contributed by atoms with van der Waals surface area (Å²) < 4.78 is 1.18. The van der Waals surface area contributed by atoms with Gasteiger partial charge in [-0.1, -0.05) is 34.1 Å². The van der Waals surface area contributed by atoms with Gasteiger partial charge in [-0.05, 0) is 31.4 Å². The first-order chi connectivity index (χ1) is 8.18. The summed E-state index contributed by atoms with van der Waals surface area (Å²) in [6.07, 6.45) is 2.39. The van der Waals surface area contributed by atoms with Gasteiger partial charge in [-0.3, -0.25) is 4.99 Å². The van der Waals surface area contributed by atoms with Crippen LogP contribution in [0.2, 0.25) is 0 Å². The molecule has 3 N–H and O–H groups in total. The van der Waals surface area contributed by atoms with Crippen molar-refractivity contribution in [2.75, 3.05) is 13.1 Å². The summed E-state index contributed by atoms with van der Waals surface area (Å²) >= 11 is 3.61. The molecular formula is C13H18BrN3. The molecule has 2 rings (SSSR count). The van der Waals surface area contributed by atoms with E-state index >= 15 is 0 Å². The molecule has 0 bridgehead atoms. The summed E-state index contributed by atoms with van der Waals surface area (Å²) in [6, 6.07) is 8.39. The first kappa shape index (κ1) is 12.4. The van der Waals surface area contributed by atoms with Crippen molar-refractivity contribution in [3.8, 4) is 0 Å². The van der Waals surface area contributed by atoms with Gasteiger partial charge in [0.1, 0.15) is 0 Å². The minimum atomic E-state index is 0.208. The van der Waals surface area contributed by atoms with E-state index in [1.807, 2.05) is 13.0 Å².